The number of nitrogens with zero attached hydrogens (tertiary/aromatic N) is 2. The Morgan fingerprint density at radius 1 is 1.45 bits per heavy atom. The summed E-state index contributed by atoms with van der Waals surface area (Å²) in [6, 6.07) is 3.77. The topological polar surface area (TPSA) is 71.4 Å². The highest BCUT2D eigenvalue weighted by molar-refractivity contribution is 5.86. The molecule has 0 saturated heterocycles. The van der Waals surface area contributed by atoms with Crippen molar-refractivity contribution >= 4 is 5.71 Å². The number of hydrogen-bond donors (Lipinski definition) is 1. The van der Waals surface area contributed by atoms with E-state index in [-0.39, 0.29) is 5.71 Å². The summed E-state index contributed by atoms with van der Waals surface area (Å²) in [4.78, 5) is 0. The van der Waals surface area contributed by atoms with Gasteiger partial charge in [0.2, 0.25) is 0 Å². The molecule has 0 heterocycles. The number of hydrogen-bond acceptors (Lipinski definition) is 3. The first kappa shape index (κ1) is 9.39. The van der Waals surface area contributed by atoms with Gasteiger partial charge in [0.05, 0.1) is 12.1 Å². The van der Waals surface area contributed by atoms with E-state index in [4.69, 9.17) is 15.9 Å². The molecule has 1 atom stereocenters. The van der Waals surface area contributed by atoms with Crippen molar-refractivity contribution < 1.29 is 0 Å². The second-order valence-electron chi connectivity index (χ2n) is 2.26. The molecule has 0 fully saturated rings. The quantitative estimate of drug-likeness (QED) is 0.476. The largest absolute Gasteiger partial charge is 0.308 e. The number of allylic oxidation sites excluding steroid dienone is 2. The van der Waals surface area contributed by atoms with E-state index in [1.54, 1.807) is 13.8 Å². The normalized spacial score (nSPS) is 12.9. The fraction of sp³-hybridized carbons (Fsp3) is 0.375. The lowest BCUT2D eigenvalue weighted by Gasteiger charge is -2.04. The van der Waals surface area contributed by atoms with E-state index < -0.39 is 5.92 Å². The first-order valence-electron chi connectivity index (χ1n) is 3.14. The van der Waals surface area contributed by atoms with Crippen LogP contribution in [0.4, 0.5) is 0 Å². The van der Waals surface area contributed by atoms with E-state index in [1.165, 1.54) is 6.08 Å². The minimum absolute atomic E-state index is 0.275. The maximum Gasteiger partial charge on any atom is 0.105 e. The Hall–Kier alpha value is -1.61. The fourth-order valence-corrected chi connectivity index (χ4v) is 0.725. The Bertz CT molecular complexity index is 262. The van der Waals surface area contributed by atoms with Crippen LogP contribution in [0.25, 0.3) is 0 Å². The van der Waals surface area contributed by atoms with Crippen LogP contribution in [-0.2, 0) is 0 Å². The van der Waals surface area contributed by atoms with Crippen LogP contribution in [0.1, 0.15) is 13.8 Å². The standard InChI is InChI=1S/C8H9N3/c1-6(3-4-9)8(5-10)7(2)11/h3,8,11H,1-2H3. The highest BCUT2D eigenvalue weighted by Crippen LogP contribution is 2.09. The van der Waals surface area contributed by atoms with Crippen LogP contribution >= 0.6 is 0 Å². The summed E-state index contributed by atoms with van der Waals surface area (Å²) in [5.74, 6) is -0.533. The molecule has 0 amide bonds. The Morgan fingerprint density at radius 3 is 2.27 bits per heavy atom. The maximum atomic E-state index is 8.55. The van der Waals surface area contributed by atoms with Gasteiger partial charge in [-0.05, 0) is 19.4 Å². The molecular formula is C8H9N3. The molecular weight excluding hydrogens is 138 g/mol. The molecule has 1 unspecified atom stereocenters. The number of rotatable bonds is 2. The third-order valence-corrected chi connectivity index (χ3v) is 1.31. The van der Waals surface area contributed by atoms with Crippen molar-refractivity contribution in [2.45, 2.75) is 13.8 Å². The lowest BCUT2D eigenvalue weighted by molar-refractivity contribution is 1.01. The first-order valence-corrected chi connectivity index (χ1v) is 3.14. The summed E-state index contributed by atoms with van der Waals surface area (Å²) in [6.07, 6.45) is 1.30. The smallest absolute Gasteiger partial charge is 0.105 e. The SMILES string of the molecule is CC(=N)C(C#N)C(C)=CC#N. The zero-order valence-electron chi connectivity index (χ0n) is 6.55. The number of nitriles is 2. The van der Waals surface area contributed by atoms with Gasteiger partial charge in [-0.3, -0.25) is 0 Å². The van der Waals surface area contributed by atoms with E-state index in [0.717, 1.165) is 0 Å². The number of nitrogens with one attached hydrogen (secondary N) is 1. The minimum Gasteiger partial charge on any atom is -0.308 e. The van der Waals surface area contributed by atoms with Crippen LogP contribution in [0, 0.1) is 34.0 Å². The van der Waals surface area contributed by atoms with Gasteiger partial charge in [0, 0.05) is 11.8 Å². The van der Waals surface area contributed by atoms with Crippen LogP contribution in [0.5, 0.6) is 0 Å². The maximum absolute atomic E-state index is 8.55. The van der Waals surface area contributed by atoms with Gasteiger partial charge in [0.1, 0.15) is 5.92 Å². The summed E-state index contributed by atoms with van der Waals surface area (Å²) < 4.78 is 0. The molecule has 0 spiro atoms. The lowest BCUT2D eigenvalue weighted by Crippen LogP contribution is -2.08. The van der Waals surface area contributed by atoms with Gasteiger partial charge < -0.3 is 5.41 Å². The molecule has 0 rings (SSSR count). The molecule has 0 radical (unpaired) electrons. The van der Waals surface area contributed by atoms with E-state index >= 15 is 0 Å². The fourth-order valence-electron chi connectivity index (χ4n) is 0.725. The van der Waals surface area contributed by atoms with Crippen molar-refractivity contribution in [3.8, 4) is 12.1 Å². The molecule has 56 valence electrons. The molecule has 0 aliphatic rings. The first-order chi connectivity index (χ1) is 5.13. The molecule has 0 bridgehead atoms. The van der Waals surface area contributed by atoms with Crippen molar-refractivity contribution in [1.82, 2.24) is 0 Å². The average Bonchev–Trinajstić information content (AvgIpc) is 1.88. The highest BCUT2D eigenvalue weighted by Gasteiger charge is 2.10. The molecule has 0 saturated carbocycles. The second-order valence-corrected chi connectivity index (χ2v) is 2.26. The van der Waals surface area contributed by atoms with Gasteiger partial charge in [-0.25, -0.2) is 0 Å². The van der Waals surface area contributed by atoms with E-state index in [2.05, 4.69) is 0 Å². The van der Waals surface area contributed by atoms with Gasteiger partial charge in [-0.2, -0.15) is 10.5 Å². The van der Waals surface area contributed by atoms with Crippen molar-refractivity contribution in [2.75, 3.05) is 0 Å². The Kier molecular flexibility index (Phi) is 3.62. The highest BCUT2D eigenvalue weighted by atomic mass is 14.4. The van der Waals surface area contributed by atoms with Crippen molar-refractivity contribution in [1.29, 1.82) is 15.9 Å². The summed E-state index contributed by atoms with van der Waals surface area (Å²) in [7, 11) is 0. The Morgan fingerprint density at radius 2 is 2.00 bits per heavy atom. The Balaban J connectivity index is 4.59. The van der Waals surface area contributed by atoms with E-state index in [1.807, 2.05) is 12.1 Å². The summed E-state index contributed by atoms with van der Waals surface area (Å²) in [5.41, 5.74) is 0.902. The lowest BCUT2D eigenvalue weighted by atomic mass is 9.98. The van der Waals surface area contributed by atoms with Crippen LogP contribution in [-0.4, -0.2) is 5.71 Å². The van der Waals surface area contributed by atoms with Crippen LogP contribution in [0.2, 0.25) is 0 Å². The van der Waals surface area contributed by atoms with E-state index in [9.17, 15) is 0 Å². The summed E-state index contributed by atoms with van der Waals surface area (Å²) >= 11 is 0. The molecule has 3 nitrogen and oxygen atoms in total. The molecule has 1 N–H and O–H groups in total. The summed E-state index contributed by atoms with van der Waals surface area (Å²) in [6.45, 7) is 3.23. The van der Waals surface area contributed by atoms with Gasteiger partial charge >= 0.3 is 0 Å². The van der Waals surface area contributed by atoms with Crippen LogP contribution in [0.3, 0.4) is 0 Å². The Labute approximate surface area is 66.1 Å². The van der Waals surface area contributed by atoms with Gasteiger partial charge in [-0.15, -0.1) is 0 Å². The van der Waals surface area contributed by atoms with Gasteiger partial charge in [-0.1, -0.05) is 0 Å². The van der Waals surface area contributed by atoms with Crippen molar-refractivity contribution in [3.05, 3.63) is 11.6 Å². The molecule has 0 aliphatic carbocycles. The molecule has 0 aromatic heterocycles. The van der Waals surface area contributed by atoms with Crippen molar-refractivity contribution in [2.24, 2.45) is 5.92 Å². The zero-order chi connectivity index (χ0) is 8.85. The van der Waals surface area contributed by atoms with E-state index in [0.29, 0.717) is 5.57 Å². The van der Waals surface area contributed by atoms with Crippen LogP contribution < -0.4 is 0 Å². The third-order valence-electron chi connectivity index (χ3n) is 1.31. The predicted octanol–water partition coefficient (Wildman–Crippen LogP) is 1.64. The minimum atomic E-state index is -0.533. The molecule has 0 aromatic carbocycles. The third kappa shape index (κ3) is 2.64. The summed E-state index contributed by atoms with van der Waals surface area (Å²) in [5, 5.41) is 24.0. The molecule has 0 aromatic rings. The van der Waals surface area contributed by atoms with Crippen molar-refractivity contribution in [3.63, 3.8) is 0 Å². The second kappa shape index (κ2) is 4.24. The monoisotopic (exact) mass is 147 g/mol. The zero-order valence-corrected chi connectivity index (χ0v) is 6.55. The predicted molar refractivity (Wildman–Crippen MR) is 41.9 cm³/mol. The molecule has 3 heteroatoms. The molecule has 0 aliphatic heterocycles. The van der Waals surface area contributed by atoms with Crippen LogP contribution in [0.15, 0.2) is 11.6 Å². The van der Waals surface area contributed by atoms with Gasteiger partial charge in [0.25, 0.3) is 0 Å². The molecule has 11 heavy (non-hydrogen) atoms. The average molecular weight is 147 g/mol. The van der Waals surface area contributed by atoms with Gasteiger partial charge in [0.15, 0.2) is 0 Å².